The smallest absolute Gasteiger partial charge is 0.290 e. The van der Waals surface area contributed by atoms with Crippen LogP contribution >= 0.6 is 0 Å². The van der Waals surface area contributed by atoms with E-state index in [2.05, 4.69) is 21.2 Å². The van der Waals surface area contributed by atoms with Crippen molar-refractivity contribution in [2.75, 3.05) is 6.54 Å². The Morgan fingerprint density at radius 2 is 2.24 bits per heavy atom. The van der Waals surface area contributed by atoms with E-state index in [9.17, 15) is 4.79 Å². The highest BCUT2D eigenvalue weighted by atomic mass is 16.5. The molecule has 7 heteroatoms. The number of aromatic amines is 1. The first kappa shape index (κ1) is 13.3. The number of aromatic nitrogens is 3. The molecule has 108 valence electrons. The van der Waals surface area contributed by atoms with Gasteiger partial charge in [-0.2, -0.15) is 4.98 Å². The highest BCUT2D eigenvalue weighted by Crippen LogP contribution is 2.21. The summed E-state index contributed by atoms with van der Waals surface area (Å²) in [5, 5.41) is 4.66. The summed E-state index contributed by atoms with van der Waals surface area (Å²) in [6.45, 7) is 0.600. The van der Waals surface area contributed by atoms with E-state index in [0.717, 1.165) is 22.9 Å². The minimum absolute atomic E-state index is 0.100. The molecule has 0 aliphatic carbocycles. The normalized spacial score (nSPS) is 11.1. The first-order valence-electron chi connectivity index (χ1n) is 6.58. The summed E-state index contributed by atoms with van der Waals surface area (Å²) in [5.41, 5.74) is 14.0. The molecule has 0 aliphatic rings. The zero-order valence-corrected chi connectivity index (χ0v) is 11.3. The zero-order chi connectivity index (χ0) is 14.8. The van der Waals surface area contributed by atoms with E-state index in [1.165, 1.54) is 5.56 Å². The number of benzene rings is 1. The molecule has 2 aromatic heterocycles. The van der Waals surface area contributed by atoms with E-state index in [-0.39, 0.29) is 5.82 Å². The average Bonchev–Trinajstić information content (AvgIpc) is 3.07. The first-order chi connectivity index (χ1) is 10.2. The fourth-order valence-corrected chi connectivity index (χ4v) is 2.30. The Bertz CT molecular complexity index is 790. The second-order valence-corrected chi connectivity index (χ2v) is 4.79. The Labute approximate surface area is 120 Å². The number of carbonyl (C=O) groups excluding carboxylic acids is 1. The molecule has 0 saturated carbocycles. The average molecular weight is 285 g/mol. The predicted molar refractivity (Wildman–Crippen MR) is 76.7 cm³/mol. The highest BCUT2D eigenvalue weighted by molar-refractivity contribution is 5.88. The maximum atomic E-state index is 10.9. The van der Waals surface area contributed by atoms with E-state index < -0.39 is 5.91 Å². The molecule has 3 aromatic rings. The molecule has 3 rings (SSSR count). The van der Waals surface area contributed by atoms with Crippen molar-refractivity contribution >= 4 is 16.8 Å². The van der Waals surface area contributed by atoms with Crippen LogP contribution in [0.5, 0.6) is 0 Å². The lowest BCUT2D eigenvalue weighted by Crippen LogP contribution is -2.12. The number of nitrogens with two attached hydrogens (primary N) is 2. The number of amides is 1. The molecule has 0 spiro atoms. The molecule has 7 nitrogen and oxygen atoms in total. The molecule has 0 radical (unpaired) electrons. The molecule has 21 heavy (non-hydrogen) atoms. The maximum absolute atomic E-state index is 10.9. The number of nitrogens with one attached hydrogen (secondary N) is 1. The van der Waals surface area contributed by atoms with Crippen molar-refractivity contribution in [2.24, 2.45) is 11.5 Å². The third-order valence-electron chi connectivity index (χ3n) is 3.29. The fourth-order valence-electron chi connectivity index (χ4n) is 2.30. The minimum atomic E-state index is -0.698. The molecular formula is C14H15N5O2. The zero-order valence-electron chi connectivity index (χ0n) is 11.3. The standard InChI is InChI=1S/C14H15N5O2/c15-4-3-9-7-17-11-2-1-8(5-10(9)11)6-12-18-14(13(16)20)19-21-12/h1-2,5,7,17H,3-4,6,15H2,(H2,16,20). The van der Waals surface area contributed by atoms with Gasteiger partial charge in [0.2, 0.25) is 5.89 Å². The summed E-state index contributed by atoms with van der Waals surface area (Å²) in [7, 11) is 0. The molecule has 1 aromatic carbocycles. The van der Waals surface area contributed by atoms with Gasteiger partial charge in [0, 0.05) is 17.1 Å². The Morgan fingerprint density at radius 3 is 2.95 bits per heavy atom. The van der Waals surface area contributed by atoms with Gasteiger partial charge >= 0.3 is 0 Å². The summed E-state index contributed by atoms with van der Waals surface area (Å²) in [5.74, 6) is -0.438. The van der Waals surface area contributed by atoms with Crippen LogP contribution in [0, 0.1) is 0 Å². The van der Waals surface area contributed by atoms with Gasteiger partial charge in [0.05, 0.1) is 6.42 Å². The van der Waals surface area contributed by atoms with Crippen LogP contribution in [0.1, 0.15) is 27.6 Å². The number of nitrogens with zero attached hydrogens (tertiary/aromatic N) is 2. The van der Waals surface area contributed by atoms with Crippen LogP contribution in [-0.4, -0.2) is 27.6 Å². The lowest BCUT2D eigenvalue weighted by Gasteiger charge is -2.00. The van der Waals surface area contributed by atoms with E-state index in [1.54, 1.807) is 0 Å². The van der Waals surface area contributed by atoms with E-state index in [1.807, 2.05) is 18.3 Å². The van der Waals surface area contributed by atoms with Crippen molar-refractivity contribution in [1.82, 2.24) is 15.1 Å². The summed E-state index contributed by atoms with van der Waals surface area (Å²) in [6, 6.07) is 6.03. The van der Waals surface area contributed by atoms with Crippen molar-refractivity contribution < 1.29 is 9.32 Å². The summed E-state index contributed by atoms with van der Waals surface area (Å²) < 4.78 is 5.01. The van der Waals surface area contributed by atoms with Crippen LogP contribution in [-0.2, 0) is 12.8 Å². The largest absolute Gasteiger partial charge is 0.363 e. The molecule has 0 atom stereocenters. The van der Waals surface area contributed by atoms with E-state index >= 15 is 0 Å². The molecule has 0 unspecified atom stereocenters. The van der Waals surface area contributed by atoms with Gasteiger partial charge in [-0.1, -0.05) is 11.2 Å². The first-order valence-corrected chi connectivity index (χ1v) is 6.58. The molecule has 0 saturated heterocycles. The van der Waals surface area contributed by atoms with E-state index in [0.29, 0.717) is 18.9 Å². The van der Waals surface area contributed by atoms with Crippen molar-refractivity contribution in [3.63, 3.8) is 0 Å². The van der Waals surface area contributed by atoms with Crippen LogP contribution < -0.4 is 11.5 Å². The Balaban J connectivity index is 1.89. The number of carbonyl (C=O) groups is 1. The van der Waals surface area contributed by atoms with Gasteiger partial charge < -0.3 is 21.0 Å². The SMILES string of the molecule is NCCc1c[nH]c2ccc(Cc3nc(C(N)=O)no3)cc12. The predicted octanol–water partition coefficient (Wildman–Crippen LogP) is 0.742. The summed E-state index contributed by atoms with van der Waals surface area (Å²) in [6.07, 6.45) is 3.23. The Hall–Kier alpha value is -2.67. The lowest BCUT2D eigenvalue weighted by molar-refractivity contribution is 0.0987. The van der Waals surface area contributed by atoms with Crippen LogP contribution in [0.3, 0.4) is 0 Å². The van der Waals surface area contributed by atoms with Crippen LogP contribution in [0.2, 0.25) is 0 Å². The van der Waals surface area contributed by atoms with Crippen LogP contribution in [0.15, 0.2) is 28.9 Å². The number of H-pyrrole nitrogens is 1. The number of fused-ring (bicyclic) bond motifs is 1. The van der Waals surface area contributed by atoms with Gasteiger partial charge in [-0.25, -0.2) is 0 Å². The molecule has 0 bridgehead atoms. The van der Waals surface area contributed by atoms with Gasteiger partial charge in [-0.15, -0.1) is 0 Å². The minimum Gasteiger partial charge on any atom is -0.363 e. The van der Waals surface area contributed by atoms with Crippen molar-refractivity contribution in [3.8, 4) is 0 Å². The number of hydrogen-bond acceptors (Lipinski definition) is 5. The van der Waals surface area contributed by atoms with Gasteiger partial charge in [0.15, 0.2) is 0 Å². The topological polar surface area (TPSA) is 124 Å². The van der Waals surface area contributed by atoms with Crippen LogP contribution in [0.25, 0.3) is 10.9 Å². The number of primary amides is 1. The quantitative estimate of drug-likeness (QED) is 0.638. The molecule has 0 fully saturated rings. The van der Waals surface area contributed by atoms with Crippen LogP contribution in [0.4, 0.5) is 0 Å². The molecule has 5 N–H and O–H groups in total. The molecular weight excluding hydrogens is 270 g/mol. The third kappa shape index (κ3) is 2.63. The van der Waals surface area contributed by atoms with Gasteiger partial charge in [0.1, 0.15) is 0 Å². The Kier molecular flexibility index (Phi) is 3.41. The molecule has 2 heterocycles. The lowest BCUT2D eigenvalue weighted by atomic mass is 10.1. The fraction of sp³-hybridized carbons (Fsp3) is 0.214. The molecule has 1 amide bonds. The summed E-state index contributed by atoms with van der Waals surface area (Å²) >= 11 is 0. The van der Waals surface area contributed by atoms with Gasteiger partial charge in [-0.05, 0) is 36.2 Å². The second-order valence-electron chi connectivity index (χ2n) is 4.79. The van der Waals surface area contributed by atoms with E-state index in [4.69, 9.17) is 16.0 Å². The third-order valence-corrected chi connectivity index (χ3v) is 3.29. The highest BCUT2D eigenvalue weighted by Gasteiger charge is 2.12. The second kappa shape index (κ2) is 5.37. The molecule has 0 aliphatic heterocycles. The monoisotopic (exact) mass is 285 g/mol. The maximum Gasteiger partial charge on any atom is 0.290 e. The van der Waals surface area contributed by atoms with Crippen molar-refractivity contribution in [1.29, 1.82) is 0 Å². The van der Waals surface area contributed by atoms with Gasteiger partial charge in [0.25, 0.3) is 11.7 Å². The Morgan fingerprint density at radius 1 is 1.38 bits per heavy atom. The van der Waals surface area contributed by atoms with Gasteiger partial charge in [-0.3, -0.25) is 4.79 Å². The van der Waals surface area contributed by atoms with Crippen molar-refractivity contribution in [3.05, 3.63) is 47.2 Å². The number of hydrogen-bond donors (Lipinski definition) is 3. The van der Waals surface area contributed by atoms with Crippen molar-refractivity contribution in [2.45, 2.75) is 12.8 Å². The number of rotatable bonds is 5. The summed E-state index contributed by atoms with van der Waals surface area (Å²) in [4.78, 5) is 18.1.